The van der Waals surface area contributed by atoms with Gasteiger partial charge >= 0.3 is 0 Å². The Hall–Kier alpha value is -0.220. The summed E-state index contributed by atoms with van der Waals surface area (Å²) in [5, 5.41) is 18.7. The van der Waals surface area contributed by atoms with Gasteiger partial charge in [-0.25, -0.2) is 8.42 Å². The van der Waals surface area contributed by atoms with Crippen molar-refractivity contribution in [2.24, 2.45) is 0 Å². The maximum Gasteiger partial charge on any atom is 0.243 e. The molecule has 0 saturated carbocycles. The van der Waals surface area contributed by atoms with E-state index in [-0.39, 0.29) is 18.0 Å². The first-order valence-corrected chi connectivity index (χ1v) is 7.55. The predicted molar refractivity (Wildman–Crippen MR) is 69.9 cm³/mol. The van der Waals surface area contributed by atoms with Gasteiger partial charge in [0.05, 0.1) is 17.1 Å². The number of sulfonamides is 1. The maximum absolute atomic E-state index is 12.1. The van der Waals surface area contributed by atoms with Crippen LogP contribution in [-0.2, 0) is 10.0 Å². The molecule has 0 aromatic heterocycles. The first kappa shape index (κ1) is 13.2. The molecular weight excluding hydrogens is 357 g/mol. The third-order valence-electron chi connectivity index (χ3n) is 2.68. The van der Waals surface area contributed by atoms with Gasteiger partial charge in [-0.15, -0.1) is 0 Å². The van der Waals surface area contributed by atoms with Gasteiger partial charge in [-0.1, -0.05) is 0 Å². The SMILES string of the molecule is O=S(=O)(c1ccc(I)cc1)N1CC(O)C(O)C1. The Morgan fingerprint density at radius 1 is 1.12 bits per heavy atom. The molecule has 0 spiro atoms. The summed E-state index contributed by atoms with van der Waals surface area (Å²) in [5.74, 6) is 0. The van der Waals surface area contributed by atoms with Gasteiger partial charge in [-0.05, 0) is 46.9 Å². The summed E-state index contributed by atoms with van der Waals surface area (Å²) in [5.41, 5.74) is 0. The summed E-state index contributed by atoms with van der Waals surface area (Å²) >= 11 is 2.09. The Balaban J connectivity index is 2.28. The smallest absolute Gasteiger partial charge is 0.243 e. The Kier molecular flexibility index (Phi) is 3.74. The van der Waals surface area contributed by atoms with Crippen molar-refractivity contribution in [3.05, 3.63) is 27.8 Å². The van der Waals surface area contributed by atoms with Crippen molar-refractivity contribution >= 4 is 32.6 Å². The third kappa shape index (κ3) is 2.63. The highest BCUT2D eigenvalue weighted by atomic mass is 127. The quantitative estimate of drug-likeness (QED) is 0.721. The van der Waals surface area contributed by atoms with Crippen LogP contribution in [0.5, 0.6) is 0 Å². The van der Waals surface area contributed by atoms with Crippen LogP contribution >= 0.6 is 22.6 Å². The minimum absolute atomic E-state index is 0.0600. The number of rotatable bonds is 2. The van der Waals surface area contributed by atoms with E-state index in [1.807, 2.05) is 0 Å². The lowest BCUT2D eigenvalue weighted by Crippen LogP contribution is -2.29. The number of β-amino-alcohol motifs (C(OH)–C–C–N with tert-alkyl or cyclic N) is 2. The van der Waals surface area contributed by atoms with E-state index < -0.39 is 22.2 Å². The first-order chi connectivity index (χ1) is 7.91. The van der Waals surface area contributed by atoms with Gasteiger partial charge < -0.3 is 10.2 Å². The van der Waals surface area contributed by atoms with E-state index in [1.54, 1.807) is 12.1 Å². The van der Waals surface area contributed by atoms with Crippen LogP contribution in [0.4, 0.5) is 0 Å². The predicted octanol–water partition coefficient (Wildman–Crippen LogP) is 0.0173. The van der Waals surface area contributed by atoms with Crippen molar-refractivity contribution in [2.45, 2.75) is 17.1 Å². The third-order valence-corrected chi connectivity index (χ3v) is 5.24. The number of aliphatic hydroxyl groups is 2. The molecule has 0 radical (unpaired) electrons. The minimum Gasteiger partial charge on any atom is -0.389 e. The number of aliphatic hydroxyl groups excluding tert-OH is 2. The fourth-order valence-electron chi connectivity index (χ4n) is 1.69. The van der Waals surface area contributed by atoms with Crippen LogP contribution in [0.25, 0.3) is 0 Å². The molecule has 1 aliphatic heterocycles. The van der Waals surface area contributed by atoms with Gasteiger partial charge in [-0.3, -0.25) is 0 Å². The zero-order chi connectivity index (χ0) is 12.6. The van der Waals surface area contributed by atoms with E-state index in [2.05, 4.69) is 22.6 Å². The second-order valence-corrected chi connectivity index (χ2v) is 7.09. The van der Waals surface area contributed by atoms with Crippen molar-refractivity contribution in [3.63, 3.8) is 0 Å². The standard InChI is InChI=1S/C10H12INO4S/c11-7-1-3-8(4-2-7)17(15,16)12-5-9(13)10(14)6-12/h1-4,9-10,13-14H,5-6H2. The van der Waals surface area contributed by atoms with Gasteiger partial charge in [0.1, 0.15) is 0 Å². The van der Waals surface area contributed by atoms with Crippen molar-refractivity contribution < 1.29 is 18.6 Å². The average Bonchev–Trinajstić information content (AvgIpc) is 2.60. The van der Waals surface area contributed by atoms with Crippen molar-refractivity contribution in [1.29, 1.82) is 0 Å². The molecule has 7 heteroatoms. The largest absolute Gasteiger partial charge is 0.389 e. The summed E-state index contributed by atoms with van der Waals surface area (Å²) in [4.78, 5) is 0.180. The number of nitrogens with zero attached hydrogens (tertiary/aromatic N) is 1. The molecule has 1 saturated heterocycles. The highest BCUT2D eigenvalue weighted by Crippen LogP contribution is 2.21. The number of hydrogen-bond donors (Lipinski definition) is 2. The van der Waals surface area contributed by atoms with E-state index in [0.717, 1.165) is 7.88 Å². The van der Waals surface area contributed by atoms with Gasteiger partial charge in [0, 0.05) is 16.7 Å². The Labute approximate surface area is 113 Å². The Bertz CT molecular complexity index is 492. The summed E-state index contributed by atoms with van der Waals surface area (Å²) in [6.07, 6.45) is -2.01. The highest BCUT2D eigenvalue weighted by molar-refractivity contribution is 14.1. The van der Waals surface area contributed by atoms with Crippen molar-refractivity contribution in [3.8, 4) is 0 Å². The number of benzene rings is 1. The van der Waals surface area contributed by atoms with Crippen LogP contribution in [0.2, 0.25) is 0 Å². The van der Waals surface area contributed by atoms with E-state index in [1.165, 1.54) is 12.1 Å². The molecule has 5 nitrogen and oxygen atoms in total. The van der Waals surface area contributed by atoms with Crippen LogP contribution in [0, 0.1) is 3.57 Å². The maximum atomic E-state index is 12.1. The lowest BCUT2D eigenvalue weighted by Gasteiger charge is -2.15. The summed E-state index contributed by atoms with van der Waals surface area (Å²) in [6.45, 7) is -0.120. The van der Waals surface area contributed by atoms with E-state index in [0.29, 0.717) is 0 Å². The molecule has 1 aliphatic rings. The molecule has 0 aliphatic carbocycles. The lowest BCUT2D eigenvalue weighted by molar-refractivity contribution is 0.0572. The Morgan fingerprint density at radius 3 is 2.06 bits per heavy atom. The molecule has 2 unspecified atom stereocenters. The highest BCUT2D eigenvalue weighted by Gasteiger charge is 2.37. The number of hydrogen-bond acceptors (Lipinski definition) is 4. The monoisotopic (exact) mass is 369 g/mol. The van der Waals surface area contributed by atoms with Crippen LogP contribution in [0.3, 0.4) is 0 Å². The van der Waals surface area contributed by atoms with Gasteiger partial charge in [0.2, 0.25) is 10.0 Å². The van der Waals surface area contributed by atoms with Crippen molar-refractivity contribution in [1.82, 2.24) is 4.31 Å². The molecule has 1 aromatic rings. The first-order valence-electron chi connectivity index (χ1n) is 5.03. The molecule has 1 fully saturated rings. The molecule has 1 aromatic carbocycles. The number of halogens is 1. The van der Waals surface area contributed by atoms with Crippen LogP contribution in [0.15, 0.2) is 29.2 Å². The Morgan fingerprint density at radius 2 is 1.59 bits per heavy atom. The summed E-state index contributed by atoms with van der Waals surface area (Å²) in [7, 11) is -3.61. The van der Waals surface area contributed by atoms with Gasteiger partial charge in [0.15, 0.2) is 0 Å². The molecule has 2 rings (SSSR count). The average molecular weight is 369 g/mol. The van der Waals surface area contributed by atoms with Crippen LogP contribution in [0.1, 0.15) is 0 Å². The second-order valence-electron chi connectivity index (χ2n) is 3.91. The van der Waals surface area contributed by atoms with Crippen LogP contribution < -0.4 is 0 Å². The zero-order valence-electron chi connectivity index (χ0n) is 8.82. The normalized spacial score (nSPS) is 26.3. The molecule has 1 heterocycles. The molecule has 0 amide bonds. The fourth-order valence-corrected chi connectivity index (χ4v) is 3.52. The fraction of sp³-hybridized carbons (Fsp3) is 0.400. The van der Waals surface area contributed by atoms with E-state index in [4.69, 9.17) is 0 Å². The van der Waals surface area contributed by atoms with Gasteiger partial charge in [0.25, 0.3) is 0 Å². The molecule has 0 bridgehead atoms. The minimum atomic E-state index is -3.61. The molecule has 94 valence electrons. The molecule has 2 atom stereocenters. The van der Waals surface area contributed by atoms with E-state index in [9.17, 15) is 18.6 Å². The second kappa shape index (κ2) is 4.81. The lowest BCUT2D eigenvalue weighted by atomic mass is 10.3. The zero-order valence-corrected chi connectivity index (χ0v) is 11.8. The van der Waals surface area contributed by atoms with Crippen LogP contribution in [-0.4, -0.2) is 48.2 Å². The topological polar surface area (TPSA) is 77.8 Å². The van der Waals surface area contributed by atoms with E-state index >= 15 is 0 Å². The molecular formula is C10H12INO4S. The summed E-state index contributed by atoms with van der Waals surface area (Å²) < 4.78 is 26.3. The molecule has 17 heavy (non-hydrogen) atoms. The van der Waals surface area contributed by atoms with Crippen molar-refractivity contribution in [2.75, 3.05) is 13.1 Å². The molecule has 2 N–H and O–H groups in total. The van der Waals surface area contributed by atoms with Gasteiger partial charge in [-0.2, -0.15) is 4.31 Å². The summed E-state index contributed by atoms with van der Waals surface area (Å²) in [6, 6.07) is 6.45.